The number of nitrogens with one attached hydrogen (secondary N) is 1. The SMILES string of the molecule is O=C(N[C@@H]1CCOC[C@H]1Oc1ccc(CO)cc1)c1cn2cccnc2n1. The lowest BCUT2D eigenvalue weighted by Crippen LogP contribution is -2.51. The number of nitrogens with zero attached hydrogens (tertiary/aromatic N) is 3. The topological polar surface area (TPSA) is 98.0 Å². The predicted octanol–water partition coefficient (Wildman–Crippen LogP) is 1.19. The largest absolute Gasteiger partial charge is 0.486 e. The fourth-order valence-electron chi connectivity index (χ4n) is 3.02. The molecule has 0 aliphatic carbocycles. The van der Waals surface area contributed by atoms with Gasteiger partial charge in [0.15, 0.2) is 0 Å². The van der Waals surface area contributed by atoms with Gasteiger partial charge in [-0.05, 0) is 30.2 Å². The number of aromatic nitrogens is 3. The summed E-state index contributed by atoms with van der Waals surface area (Å²) in [5, 5.41) is 12.1. The minimum absolute atomic E-state index is 0.0145. The van der Waals surface area contributed by atoms with E-state index in [0.717, 1.165) is 5.56 Å². The minimum Gasteiger partial charge on any atom is -0.486 e. The normalized spacial score (nSPS) is 19.7. The quantitative estimate of drug-likeness (QED) is 0.702. The van der Waals surface area contributed by atoms with Crippen molar-refractivity contribution in [1.82, 2.24) is 19.7 Å². The Bertz CT molecular complexity index is 892. The maximum atomic E-state index is 12.6. The Balaban J connectivity index is 1.45. The zero-order chi connectivity index (χ0) is 18.6. The van der Waals surface area contributed by atoms with Crippen molar-refractivity contribution in [3.05, 3.63) is 60.2 Å². The molecule has 8 heteroatoms. The van der Waals surface area contributed by atoms with E-state index in [4.69, 9.17) is 14.6 Å². The molecule has 1 aromatic carbocycles. The molecule has 2 aromatic heterocycles. The van der Waals surface area contributed by atoms with E-state index in [2.05, 4.69) is 15.3 Å². The highest BCUT2D eigenvalue weighted by Crippen LogP contribution is 2.19. The Labute approximate surface area is 155 Å². The Morgan fingerprint density at radius 1 is 1.37 bits per heavy atom. The molecule has 140 valence electrons. The summed E-state index contributed by atoms with van der Waals surface area (Å²) in [5.41, 5.74) is 1.12. The predicted molar refractivity (Wildman–Crippen MR) is 96.5 cm³/mol. The molecule has 2 N–H and O–H groups in total. The van der Waals surface area contributed by atoms with Crippen LogP contribution in [-0.4, -0.2) is 50.7 Å². The number of hydrogen-bond acceptors (Lipinski definition) is 6. The molecule has 3 aromatic rings. The summed E-state index contributed by atoms with van der Waals surface area (Å²) in [6.07, 6.45) is 5.42. The van der Waals surface area contributed by atoms with Crippen molar-refractivity contribution in [3.63, 3.8) is 0 Å². The molecular weight excluding hydrogens is 348 g/mol. The average molecular weight is 368 g/mol. The zero-order valence-electron chi connectivity index (χ0n) is 14.6. The summed E-state index contributed by atoms with van der Waals surface area (Å²) in [5.74, 6) is 0.877. The van der Waals surface area contributed by atoms with Crippen LogP contribution in [0.3, 0.4) is 0 Å². The Kier molecular flexibility index (Phi) is 4.99. The van der Waals surface area contributed by atoms with Gasteiger partial charge in [-0.3, -0.25) is 9.20 Å². The van der Waals surface area contributed by atoms with Crippen LogP contribution in [0.1, 0.15) is 22.5 Å². The number of aliphatic hydroxyl groups is 1. The smallest absolute Gasteiger partial charge is 0.271 e. The number of carbonyl (C=O) groups excluding carboxylic acids is 1. The molecule has 2 atom stereocenters. The highest BCUT2D eigenvalue weighted by Gasteiger charge is 2.30. The second-order valence-corrected chi connectivity index (χ2v) is 6.36. The lowest BCUT2D eigenvalue weighted by atomic mass is 10.1. The second-order valence-electron chi connectivity index (χ2n) is 6.36. The van der Waals surface area contributed by atoms with E-state index in [-0.39, 0.29) is 24.7 Å². The summed E-state index contributed by atoms with van der Waals surface area (Å²) in [6.45, 7) is 0.930. The van der Waals surface area contributed by atoms with Crippen LogP contribution in [0.5, 0.6) is 5.75 Å². The van der Waals surface area contributed by atoms with Gasteiger partial charge in [0.2, 0.25) is 5.78 Å². The van der Waals surface area contributed by atoms with Crippen molar-refractivity contribution in [3.8, 4) is 5.75 Å². The van der Waals surface area contributed by atoms with Crippen molar-refractivity contribution in [2.45, 2.75) is 25.2 Å². The van der Waals surface area contributed by atoms with Crippen LogP contribution in [0.4, 0.5) is 0 Å². The zero-order valence-corrected chi connectivity index (χ0v) is 14.6. The first kappa shape index (κ1) is 17.4. The average Bonchev–Trinajstić information content (AvgIpc) is 3.14. The molecule has 3 heterocycles. The van der Waals surface area contributed by atoms with Crippen LogP contribution in [0.25, 0.3) is 5.78 Å². The maximum Gasteiger partial charge on any atom is 0.271 e. The summed E-state index contributed by atoms with van der Waals surface area (Å²) >= 11 is 0. The molecule has 8 nitrogen and oxygen atoms in total. The molecule has 0 saturated carbocycles. The van der Waals surface area contributed by atoms with Crippen molar-refractivity contribution in [2.75, 3.05) is 13.2 Å². The van der Waals surface area contributed by atoms with Crippen molar-refractivity contribution >= 4 is 11.7 Å². The molecule has 0 spiro atoms. The van der Waals surface area contributed by atoms with E-state index in [1.165, 1.54) is 0 Å². The number of fused-ring (bicyclic) bond motifs is 1. The fourth-order valence-corrected chi connectivity index (χ4v) is 3.02. The van der Waals surface area contributed by atoms with Gasteiger partial charge in [-0.15, -0.1) is 0 Å². The number of ether oxygens (including phenoxy) is 2. The van der Waals surface area contributed by atoms with Gasteiger partial charge in [-0.25, -0.2) is 9.97 Å². The number of rotatable bonds is 5. The van der Waals surface area contributed by atoms with Crippen LogP contribution in [-0.2, 0) is 11.3 Å². The summed E-state index contributed by atoms with van der Waals surface area (Å²) in [4.78, 5) is 21.0. The number of carbonyl (C=O) groups is 1. The Hall–Kier alpha value is -2.97. The molecule has 0 radical (unpaired) electrons. The third-order valence-electron chi connectivity index (χ3n) is 4.48. The molecular formula is C19H20N4O4. The van der Waals surface area contributed by atoms with Crippen LogP contribution < -0.4 is 10.1 Å². The van der Waals surface area contributed by atoms with Gasteiger partial charge in [0, 0.05) is 25.2 Å². The first-order chi connectivity index (χ1) is 13.2. The first-order valence-corrected chi connectivity index (χ1v) is 8.78. The maximum absolute atomic E-state index is 12.6. The first-order valence-electron chi connectivity index (χ1n) is 8.78. The van der Waals surface area contributed by atoms with E-state index < -0.39 is 0 Å². The number of amides is 1. The third-order valence-corrected chi connectivity index (χ3v) is 4.48. The summed E-state index contributed by atoms with van der Waals surface area (Å²) in [7, 11) is 0. The van der Waals surface area contributed by atoms with Crippen LogP contribution >= 0.6 is 0 Å². The molecule has 4 rings (SSSR count). The molecule has 1 fully saturated rings. The highest BCUT2D eigenvalue weighted by molar-refractivity contribution is 5.93. The molecule has 1 aliphatic rings. The van der Waals surface area contributed by atoms with Gasteiger partial charge in [0.1, 0.15) is 17.5 Å². The molecule has 0 bridgehead atoms. The lowest BCUT2D eigenvalue weighted by molar-refractivity contribution is -0.0135. The van der Waals surface area contributed by atoms with E-state index in [9.17, 15) is 4.79 Å². The fraction of sp³-hybridized carbons (Fsp3) is 0.316. The van der Waals surface area contributed by atoms with Gasteiger partial charge >= 0.3 is 0 Å². The monoisotopic (exact) mass is 368 g/mol. The van der Waals surface area contributed by atoms with Crippen LogP contribution in [0, 0.1) is 0 Å². The van der Waals surface area contributed by atoms with Gasteiger partial charge in [-0.1, -0.05) is 12.1 Å². The number of aliphatic hydroxyl groups excluding tert-OH is 1. The van der Waals surface area contributed by atoms with E-state index in [1.54, 1.807) is 53.3 Å². The Morgan fingerprint density at radius 3 is 3.00 bits per heavy atom. The van der Waals surface area contributed by atoms with Crippen molar-refractivity contribution in [2.24, 2.45) is 0 Å². The standard InChI is InChI=1S/C19H20N4O4/c24-11-13-2-4-14(5-3-13)27-17-12-26-9-6-15(17)21-18(25)16-10-23-8-1-7-20-19(23)22-16/h1-5,7-8,10,15,17,24H,6,9,11-12H2,(H,21,25)/t15-,17-/m1/s1. The number of benzene rings is 1. The lowest BCUT2D eigenvalue weighted by Gasteiger charge is -2.32. The minimum atomic E-state index is -0.308. The van der Waals surface area contributed by atoms with Gasteiger partial charge in [0.05, 0.1) is 19.3 Å². The molecule has 1 aliphatic heterocycles. The van der Waals surface area contributed by atoms with E-state index in [0.29, 0.717) is 36.9 Å². The van der Waals surface area contributed by atoms with Crippen molar-refractivity contribution in [1.29, 1.82) is 0 Å². The molecule has 27 heavy (non-hydrogen) atoms. The van der Waals surface area contributed by atoms with Gasteiger partial charge in [-0.2, -0.15) is 0 Å². The summed E-state index contributed by atoms with van der Waals surface area (Å²) < 4.78 is 13.2. The van der Waals surface area contributed by atoms with E-state index in [1.807, 2.05) is 0 Å². The summed E-state index contributed by atoms with van der Waals surface area (Å²) in [6, 6.07) is 8.79. The highest BCUT2D eigenvalue weighted by atomic mass is 16.5. The second kappa shape index (κ2) is 7.73. The Morgan fingerprint density at radius 2 is 2.22 bits per heavy atom. The van der Waals surface area contributed by atoms with Gasteiger partial charge < -0.3 is 19.9 Å². The molecule has 0 unspecified atom stereocenters. The molecule has 1 saturated heterocycles. The number of hydrogen-bond donors (Lipinski definition) is 2. The van der Waals surface area contributed by atoms with Gasteiger partial charge in [0.25, 0.3) is 5.91 Å². The molecule has 1 amide bonds. The van der Waals surface area contributed by atoms with Crippen LogP contribution in [0.2, 0.25) is 0 Å². The van der Waals surface area contributed by atoms with Crippen LogP contribution in [0.15, 0.2) is 48.9 Å². The van der Waals surface area contributed by atoms with E-state index >= 15 is 0 Å². The number of imidazole rings is 1. The third kappa shape index (κ3) is 3.91. The van der Waals surface area contributed by atoms with Crippen molar-refractivity contribution < 1.29 is 19.4 Å².